The molecule has 354 valence electrons. The lowest BCUT2D eigenvalue weighted by Gasteiger charge is -2.45. The molecule has 1 amide bonds. The first-order valence-corrected chi connectivity index (χ1v) is 24.5. The number of aliphatic hydroxyl groups is 2. The molecular weight excluding hydrogens is 815 g/mol. The van der Waals surface area contributed by atoms with Crippen LogP contribution in [0.15, 0.2) is 133 Å². The van der Waals surface area contributed by atoms with E-state index in [4.69, 9.17) is 23.7 Å². The van der Waals surface area contributed by atoms with Gasteiger partial charge in [0.1, 0.15) is 36.6 Å². The molecule has 9 heteroatoms. The van der Waals surface area contributed by atoms with E-state index in [2.05, 4.69) is 12.2 Å². The number of hydrogen-bond acceptors (Lipinski definition) is 8. The van der Waals surface area contributed by atoms with Crippen LogP contribution in [-0.4, -0.2) is 71.5 Å². The Hall–Kier alpha value is -4.19. The topological polar surface area (TPSA) is 116 Å². The van der Waals surface area contributed by atoms with Gasteiger partial charge in [0.25, 0.3) is 0 Å². The smallest absolute Gasteiger partial charge is 0.220 e. The molecule has 65 heavy (non-hydrogen) atoms. The summed E-state index contributed by atoms with van der Waals surface area (Å²) >= 11 is 0. The second-order valence-electron chi connectivity index (χ2n) is 17.5. The van der Waals surface area contributed by atoms with Crippen molar-refractivity contribution in [3.05, 3.63) is 156 Å². The van der Waals surface area contributed by atoms with Crippen LogP contribution in [0.1, 0.15) is 126 Å². The quantitative estimate of drug-likeness (QED) is 0.0328. The van der Waals surface area contributed by atoms with Gasteiger partial charge in [0, 0.05) is 6.42 Å². The standard InChI is InChI=1S/C56H77NO8/c1-3-5-6-7-8-9-10-11-12-13-14-27-36-49(58)53(60)48(57-52(59)4-2)37-38-50-54(62-40-45-30-21-16-22-31-45)56(64-42-47-34-25-18-26-35-47)55(63-41-46-32-23-17-24-33-46)51(65-50)43-61-39-44-28-19-15-20-29-44/h15-26,28-35,37-38,48-51,53-56,58,60H,3-14,27,36,39-43H2,1-2H3,(H,57,59)/b38-37+/t48-,49+,50-,51?,53-,54?,55-,56+/m0/s1. The first kappa shape index (κ1) is 51.8. The molecule has 1 aliphatic rings. The Morgan fingerprint density at radius 3 is 1.49 bits per heavy atom. The third-order valence-electron chi connectivity index (χ3n) is 12.2. The summed E-state index contributed by atoms with van der Waals surface area (Å²) in [6.07, 6.45) is 13.3. The Bertz CT molecular complexity index is 1830. The number of carbonyl (C=O) groups excluding carboxylic acids is 1. The summed E-state index contributed by atoms with van der Waals surface area (Å²) in [6, 6.07) is 39.1. The molecule has 5 rings (SSSR count). The molecule has 0 spiro atoms. The maximum atomic E-state index is 12.9. The van der Waals surface area contributed by atoms with E-state index in [1.165, 1.54) is 57.8 Å². The number of benzene rings is 4. The van der Waals surface area contributed by atoms with Gasteiger partial charge in [-0.15, -0.1) is 0 Å². The summed E-state index contributed by atoms with van der Waals surface area (Å²) < 4.78 is 33.9. The number of rotatable bonds is 32. The Kier molecular flexibility index (Phi) is 24.6. The van der Waals surface area contributed by atoms with Crippen LogP contribution in [0, 0.1) is 0 Å². The summed E-state index contributed by atoms with van der Waals surface area (Å²) in [4.78, 5) is 12.9. The lowest BCUT2D eigenvalue weighted by molar-refractivity contribution is -0.263. The molecule has 1 heterocycles. The minimum absolute atomic E-state index is 0.200. The minimum Gasteiger partial charge on any atom is -0.390 e. The Morgan fingerprint density at radius 1 is 0.585 bits per heavy atom. The van der Waals surface area contributed by atoms with Crippen LogP contribution in [0.5, 0.6) is 0 Å². The molecule has 2 unspecified atom stereocenters. The molecule has 9 nitrogen and oxygen atoms in total. The highest BCUT2D eigenvalue weighted by Crippen LogP contribution is 2.32. The van der Waals surface area contributed by atoms with Crippen molar-refractivity contribution >= 4 is 5.91 Å². The number of hydrogen-bond donors (Lipinski definition) is 3. The summed E-state index contributed by atoms with van der Waals surface area (Å²) in [5, 5.41) is 25.9. The van der Waals surface area contributed by atoms with Gasteiger partial charge in [-0.2, -0.15) is 0 Å². The van der Waals surface area contributed by atoms with Crippen molar-refractivity contribution in [1.82, 2.24) is 5.32 Å². The van der Waals surface area contributed by atoms with E-state index in [1.54, 1.807) is 13.0 Å². The fourth-order valence-corrected chi connectivity index (χ4v) is 8.35. The van der Waals surface area contributed by atoms with E-state index >= 15 is 0 Å². The molecule has 0 radical (unpaired) electrons. The molecule has 4 aromatic rings. The van der Waals surface area contributed by atoms with Crippen LogP contribution in [-0.2, 0) is 54.9 Å². The maximum absolute atomic E-state index is 12.9. The van der Waals surface area contributed by atoms with E-state index in [1.807, 2.05) is 127 Å². The average molecular weight is 892 g/mol. The van der Waals surface area contributed by atoms with Crippen LogP contribution in [0.2, 0.25) is 0 Å². The molecule has 0 aliphatic carbocycles. The van der Waals surface area contributed by atoms with Crippen LogP contribution in [0.25, 0.3) is 0 Å². The number of ether oxygens (including phenoxy) is 5. The second kappa shape index (κ2) is 30.9. The average Bonchev–Trinajstić information content (AvgIpc) is 3.35. The van der Waals surface area contributed by atoms with Gasteiger partial charge < -0.3 is 39.2 Å². The van der Waals surface area contributed by atoms with Crippen molar-refractivity contribution in [1.29, 1.82) is 0 Å². The lowest BCUT2D eigenvalue weighted by atomic mass is 9.92. The van der Waals surface area contributed by atoms with Gasteiger partial charge >= 0.3 is 0 Å². The van der Waals surface area contributed by atoms with E-state index in [0.717, 1.165) is 41.5 Å². The van der Waals surface area contributed by atoms with Crippen molar-refractivity contribution in [2.75, 3.05) is 6.61 Å². The molecule has 0 saturated carbocycles. The largest absolute Gasteiger partial charge is 0.390 e. The highest BCUT2D eigenvalue weighted by molar-refractivity contribution is 5.76. The van der Waals surface area contributed by atoms with Crippen LogP contribution >= 0.6 is 0 Å². The molecule has 1 aliphatic heterocycles. The predicted octanol–water partition coefficient (Wildman–Crippen LogP) is 11.0. The first-order valence-electron chi connectivity index (χ1n) is 24.5. The zero-order valence-electron chi connectivity index (χ0n) is 39.1. The van der Waals surface area contributed by atoms with Gasteiger partial charge in [-0.3, -0.25) is 4.79 Å². The summed E-state index contributed by atoms with van der Waals surface area (Å²) in [6.45, 7) is 5.50. The highest BCUT2D eigenvalue weighted by atomic mass is 16.6. The van der Waals surface area contributed by atoms with Crippen molar-refractivity contribution < 1.29 is 38.7 Å². The summed E-state index contributed by atoms with van der Waals surface area (Å²) in [5.41, 5.74) is 4.02. The molecule has 0 bridgehead atoms. The van der Waals surface area contributed by atoms with Gasteiger partial charge in [0.05, 0.1) is 45.2 Å². The number of nitrogens with one attached hydrogen (secondary N) is 1. The molecule has 8 atom stereocenters. The van der Waals surface area contributed by atoms with Crippen LogP contribution in [0.3, 0.4) is 0 Å². The predicted molar refractivity (Wildman–Crippen MR) is 259 cm³/mol. The third kappa shape index (κ3) is 19.3. The highest BCUT2D eigenvalue weighted by Gasteiger charge is 2.48. The molecule has 4 aromatic carbocycles. The number of unbranched alkanes of at least 4 members (excludes halogenated alkanes) is 11. The van der Waals surface area contributed by atoms with Crippen molar-refractivity contribution in [2.45, 2.75) is 179 Å². The second-order valence-corrected chi connectivity index (χ2v) is 17.5. The molecule has 0 aromatic heterocycles. The summed E-state index contributed by atoms with van der Waals surface area (Å²) in [5.74, 6) is -0.233. The molecule has 1 fully saturated rings. The number of amides is 1. The Morgan fingerprint density at radius 2 is 1.02 bits per heavy atom. The normalized spacial score (nSPS) is 20.1. The van der Waals surface area contributed by atoms with E-state index in [0.29, 0.717) is 26.2 Å². The molecular formula is C56H77NO8. The van der Waals surface area contributed by atoms with Gasteiger partial charge in [-0.25, -0.2) is 0 Å². The zero-order valence-corrected chi connectivity index (χ0v) is 39.1. The summed E-state index contributed by atoms with van der Waals surface area (Å²) in [7, 11) is 0. The van der Waals surface area contributed by atoms with Crippen molar-refractivity contribution in [3.8, 4) is 0 Å². The first-order chi connectivity index (χ1) is 31.9. The molecule has 3 N–H and O–H groups in total. The number of carbonyl (C=O) groups is 1. The van der Waals surface area contributed by atoms with Crippen LogP contribution in [0.4, 0.5) is 0 Å². The Balaban J connectivity index is 1.36. The zero-order chi connectivity index (χ0) is 45.7. The van der Waals surface area contributed by atoms with E-state index in [-0.39, 0.29) is 25.5 Å². The van der Waals surface area contributed by atoms with E-state index < -0.39 is 48.8 Å². The molecule has 1 saturated heterocycles. The third-order valence-corrected chi connectivity index (χ3v) is 12.2. The van der Waals surface area contributed by atoms with E-state index in [9.17, 15) is 15.0 Å². The monoisotopic (exact) mass is 892 g/mol. The Labute approximate surface area is 389 Å². The minimum atomic E-state index is -1.24. The SMILES string of the molecule is CCCCCCCCCCCCCC[C@@H](O)[C@@H](O)[C@H](/C=C/[C@@H]1OC(COCc2ccccc2)[C@H](OCc2ccccc2)[C@H](OCc2ccccc2)C1OCc1ccccc1)NC(=O)CC. The van der Waals surface area contributed by atoms with Gasteiger partial charge in [-0.05, 0) is 28.7 Å². The van der Waals surface area contributed by atoms with Gasteiger partial charge in [0.15, 0.2) is 0 Å². The maximum Gasteiger partial charge on any atom is 0.220 e. The van der Waals surface area contributed by atoms with Gasteiger partial charge in [0.2, 0.25) is 5.91 Å². The fraction of sp³-hybridized carbons (Fsp3) is 0.518. The number of aliphatic hydroxyl groups excluding tert-OH is 2. The van der Waals surface area contributed by atoms with Gasteiger partial charge in [-0.1, -0.05) is 224 Å². The fourth-order valence-electron chi connectivity index (χ4n) is 8.35. The van der Waals surface area contributed by atoms with Crippen molar-refractivity contribution in [3.63, 3.8) is 0 Å². The van der Waals surface area contributed by atoms with Crippen LogP contribution < -0.4 is 5.32 Å². The lowest BCUT2D eigenvalue weighted by Crippen LogP contribution is -2.60. The van der Waals surface area contributed by atoms with Crippen molar-refractivity contribution in [2.24, 2.45) is 0 Å².